The zero-order valence-corrected chi connectivity index (χ0v) is 12.5. The van der Waals surface area contributed by atoms with Gasteiger partial charge in [0, 0.05) is 25.4 Å². The van der Waals surface area contributed by atoms with E-state index in [0.717, 1.165) is 22.3 Å². The fourth-order valence-electron chi connectivity index (χ4n) is 1.77. The number of rotatable bonds is 5. The molecule has 17 heavy (non-hydrogen) atoms. The van der Waals surface area contributed by atoms with Crippen molar-refractivity contribution in [2.45, 2.75) is 45.6 Å². The predicted molar refractivity (Wildman–Crippen MR) is 71.9 cm³/mol. The Bertz CT molecular complexity index is 418. The van der Waals surface area contributed by atoms with Gasteiger partial charge in [-0.3, -0.25) is 9.48 Å². The Labute approximate surface area is 111 Å². The van der Waals surface area contributed by atoms with Crippen LogP contribution in [-0.2, 0) is 24.7 Å². The number of nitrogens with two attached hydrogens (primary N) is 1. The summed E-state index contributed by atoms with van der Waals surface area (Å²) in [6.45, 7) is 5.77. The van der Waals surface area contributed by atoms with Gasteiger partial charge in [0.15, 0.2) is 0 Å². The average molecular weight is 302 g/mol. The van der Waals surface area contributed by atoms with E-state index in [-0.39, 0.29) is 5.78 Å². The van der Waals surface area contributed by atoms with Crippen LogP contribution in [0.4, 0.5) is 0 Å². The molecular formula is C12H20BrN3O. The molecule has 0 bridgehead atoms. The number of carbonyl (C=O) groups is 1. The molecule has 0 saturated carbocycles. The monoisotopic (exact) mass is 301 g/mol. The first kappa shape index (κ1) is 14.4. The Morgan fingerprint density at radius 3 is 2.53 bits per heavy atom. The van der Waals surface area contributed by atoms with Crippen LogP contribution in [0.5, 0.6) is 0 Å². The fraction of sp³-hybridized carbons (Fsp3) is 0.667. The lowest BCUT2D eigenvalue weighted by atomic mass is 9.97. The summed E-state index contributed by atoms with van der Waals surface area (Å²) in [5, 5.41) is 4.36. The van der Waals surface area contributed by atoms with Crippen molar-refractivity contribution in [2.75, 3.05) is 0 Å². The number of hydrogen-bond donors (Lipinski definition) is 1. The molecule has 0 aliphatic heterocycles. The Morgan fingerprint density at radius 2 is 2.12 bits per heavy atom. The van der Waals surface area contributed by atoms with E-state index in [1.165, 1.54) is 0 Å². The lowest BCUT2D eigenvalue weighted by Gasteiger charge is -2.17. The van der Waals surface area contributed by atoms with Crippen molar-refractivity contribution >= 4 is 21.7 Å². The molecular weight excluding hydrogens is 282 g/mol. The third-order valence-corrected chi connectivity index (χ3v) is 3.44. The highest BCUT2D eigenvalue weighted by Gasteiger charge is 2.20. The molecule has 0 aliphatic rings. The Kier molecular flexibility index (Phi) is 4.49. The minimum absolute atomic E-state index is 0.142. The van der Waals surface area contributed by atoms with Crippen LogP contribution in [0.25, 0.3) is 0 Å². The van der Waals surface area contributed by atoms with Gasteiger partial charge in [0.1, 0.15) is 5.78 Å². The molecule has 1 aromatic rings. The maximum Gasteiger partial charge on any atom is 0.140 e. The smallest absolute Gasteiger partial charge is 0.140 e. The standard InChI is InChI=1S/C12H20BrN3O/c1-5-9-11(13)10(16(4)15-9)6-8(17)7-12(2,3)14/h5-7,14H2,1-4H3. The maximum absolute atomic E-state index is 11.9. The number of nitrogens with zero attached hydrogens (tertiary/aromatic N) is 2. The van der Waals surface area contributed by atoms with Crippen molar-refractivity contribution in [2.24, 2.45) is 12.8 Å². The molecule has 0 aromatic carbocycles. The predicted octanol–water partition coefficient (Wildman–Crippen LogP) is 1.98. The highest BCUT2D eigenvalue weighted by atomic mass is 79.9. The highest BCUT2D eigenvalue weighted by molar-refractivity contribution is 9.10. The van der Waals surface area contributed by atoms with E-state index >= 15 is 0 Å². The minimum Gasteiger partial charge on any atom is -0.325 e. The molecule has 96 valence electrons. The van der Waals surface area contributed by atoms with Crippen LogP contribution in [0.15, 0.2) is 4.47 Å². The minimum atomic E-state index is -0.449. The van der Waals surface area contributed by atoms with E-state index in [1.54, 1.807) is 4.68 Å². The molecule has 0 spiro atoms. The maximum atomic E-state index is 11.9. The summed E-state index contributed by atoms with van der Waals surface area (Å²) in [6, 6.07) is 0. The van der Waals surface area contributed by atoms with Crippen LogP contribution in [0, 0.1) is 0 Å². The van der Waals surface area contributed by atoms with Gasteiger partial charge in [0.05, 0.1) is 15.9 Å². The lowest BCUT2D eigenvalue weighted by molar-refractivity contribution is -0.119. The van der Waals surface area contributed by atoms with Crippen LogP contribution in [0.1, 0.15) is 38.6 Å². The van der Waals surface area contributed by atoms with Crippen LogP contribution in [0.2, 0.25) is 0 Å². The summed E-state index contributed by atoms with van der Waals surface area (Å²) in [6.07, 6.45) is 1.61. The molecule has 0 amide bonds. The number of Topliss-reactive ketones (excluding diaryl/α,β-unsaturated/α-hetero) is 1. The van der Waals surface area contributed by atoms with Crippen molar-refractivity contribution in [3.63, 3.8) is 0 Å². The average Bonchev–Trinajstić information content (AvgIpc) is 2.42. The van der Waals surface area contributed by atoms with Crippen molar-refractivity contribution in [1.29, 1.82) is 0 Å². The second-order valence-electron chi connectivity index (χ2n) is 5.07. The zero-order valence-electron chi connectivity index (χ0n) is 10.9. The third kappa shape index (κ3) is 3.92. The first-order valence-corrected chi connectivity index (χ1v) is 6.54. The van der Waals surface area contributed by atoms with E-state index in [1.807, 2.05) is 27.8 Å². The number of aromatic nitrogens is 2. The second-order valence-corrected chi connectivity index (χ2v) is 5.86. The Morgan fingerprint density at radius 1 is 1.53 bits per heavy atom. The summed E-state index contributed by atoms with van der Waals surface area (Å²) >= 11 is 3.50. The number of halogens is 1. The molecule has 0 fully saturated rings. The first-order chi connectivity index (χ1) is 7.74. The van der Waals surface area contributed by atoms with Crippen LogP contribution >= 0.6 is 15.9 Å². The van der Waals surface area contributed by atoms with E-state index in [9.17, 15) is 4.79 Å². The lowest BCUT2D eigenvalue weighted by Crippen LogP contribution is -2.35. The summed E-state index contributed by atoms with van der Waals surface area (Å²) in [7, 11) is 1.86. The van der Waals surface area contributed by atoms with Gasteiger partial charge in [0.25, 0.3) is 0 Å². The van der Waals surface area contributed by atoms with Crippen LogP contribution < -0.4 is 5.73 Å². The van der Waals surface area contributed by atoms with Crippen molar-refractivity contribution < 1.29 is 4.79 Å². The summed E-state index contributed by atoms with van der Waals surface area (Å²) in [5.74, 6) is 0.142. The summed E-state index contributed by atoms with van der Waals surface area (Å²) in [4.78, 5) is 11.9. The number of aryl methyl sites for hydroxylation is 2. The quantitative estimate of drug-likeness (QED) is 0.905. The summed E-state index contributed by atoms with van der Waals surface area (Å²) in [5.41, 5.74) is 7.31. The van der Waals surface area contributed by atoms with Gasteiger partial charge in [-0.05, 0) is 36.2 Å². The van der Waals surface area contributed by atoms with E-state index in [0.29, 0.717) is 12.8 Å². The summed E-state index contributed by atoms with van der Waals surface area (Å²) < 4.78 is 2.72. The molecule has 2 N–H and O–H groups in total. The SMILES string of the molecule is CCc1nn(C)c(CC(=O)CC(C)(C)N)c1Br. The van der Waals surface area contributed by atoms with Crippen molar-refractivity contribution in [3.05, 3.63) is 15.9 Å². The molecule has 0 atom stereocenters. The Balaban J connectivity index is 2.82. The molecule has 1 aromatic heterocycles. The van der Waals surface area contributed by atoms with E-state index in [4.69, 9.17) is 5.73 Å². The molecule has 1 heterocycles. The largest absolute Gasteiger partial charge is 0.325 e. The Hall–Kier alpha value is -0.680. The van der Waals surface area contributed by atoms with Gasteiger partial charge < -0.3 is 5.73 Å². The molecule has 1 rings (SSSR count). The second kappa shape index (κ2) is 5.31. The molecule has 5 heteroatoms. The van der Waals surface area contributed by atoms with Crippen molar-refractivity contribution in [3.8, 4) is 0 Å². The number of ketones is 1. The molecule has 4 nitrogen and oxygen atoms in total. The van der Waals surface area contributed by atoms with E-state index < -0.39 is 5.54 Å². The normalized spacial score (nSPS) is 11.9. The van der Waals surface area contributed by atoms with Crippen molar-refractivity contribution in [1.82, 2.24) is 9.78 Å². The van der Waals surface area contributed by atoms with E-state index in [2.05, 4.69) is 21.0 Å². The molecule has 0 unspecified atom stereocenters. The molecule has 0 saturated heterocycles. The third-order valence-electron chi connectivity index (χ3n) is 2.52. The van der Waals surface area contributed by atoms with Gasteiger partial charge in [0.2, 0.25) is 0 Å². The molecule has 0 aliphatic carbocycles. The zero-order chi connectivity index (χ0) is 13.2. The van der Waals surface area contributed by atoms with Gasteiger partial charge in [-0.2, -0.15) is 5.10 Å². The topological polar surface area (TPSA) is 60.9 Å². The molecule has 0 radical (unpaired) electrons. The number of hydrogen-bond acceptors (Lipinski definition) is 3. The van der Waals surface area contributed by atoms with Gasteiger partial charge in [-0.25, -0.2) is 0 Å². The highest BCUT2D eigenvalue weighted by Crippen LogP contribution is 2.22. The van der Waals surface area contributed by atoms with Gasteiger partial charge in [-0.1, -0.05) is 6.92 Å². The van der Waals surface area contributed by atoms with Crippen LogP contribution in [0.3, 0.4) is 0 Å². The fourth-order valence-corrected chi connectivity index (χ4v) is 2.53. The van der Waals surface area contributed by atoms with Gasteiger partial charge in [-0.15, -0.1) is 0 Å². The van der Waals surface area contributed by atoms with Gasteiger partial charge >= 0.3 is 0 Å². The van der Waals surface area contributed by atoms with Crippen LogP contribution in [-0.4, -0.2) is 21.1 Å². The first-order valence-electron chi connectivity index (χ1n) is 5.75. The number of carbonyl (C=O) groups excluding carboxylic acids is 1.